The molecule has 0 fully saturated rings. The van der Waals surface area contributed by atoms with E-state index in [0.29, 0.717) is 11.4 Å². The smallest absolute Gasteiger partial charge is 0.335 e. The number of carbonyl (C=O) groups is 2. The van der Waals surface area contributed by atoms with Crippen LogP contribution in [-0.2, 0) is 10.5 Å². The van der Waals surface area contributed by atoms with Crippen molar-refractivity contribution in [2.75, 3.05) is 11.1 Å². The molecule has 0 spiro atoms. The highest BCUT2D eigenvalue weighted by atomic mass is 32.2. The molecule has 0 bridgehead atoms. The SMILES string of the molecule is Cc1ccc(C(=O)O)cc1NC(=O)CSCc1ccc([N+](=O)[O-])cc1. The number of aromatic carboxylic acids is 1. The largest absolute Gasteiger partial charge is 0.478 e. The van der Waals surface area contributed by atoms with Gasteiger partial charge in [0.2, 0.25) is 5.91 Å². The van der Waals surface area contributed by atoms with Gasteiger partial charge < -0.3 is 10.4 Å². The van der Waals surface area contributed by atoms with Crippen molar-refractivity contribution >= 4 is 35.0 Å². The third-order valence-electron chi connectivity index (χ3n) is 3.41. The molecule has 1 amide bonds. The van der Waals surface area contributed by atoms with Crippen molar-refractivity contribution in [1.82, 2.24) is 0 Å². The minimum absolute atomic E-state index is 0.0280. The molecule has 0 aliphatic heterocycles. The van der Waals surface area contributed by atoms with Crippen LogP contribution in [0.5, 0.6) is 0 Å². The van der Waals surface area contributed by atoms with Crippen LogP contribution < -0.4 is 5.32 Å². The van der Waals surface area contributed by atoms with Crippen molar-refractivity contribution in [3.05, 3.63) is 69.3 Å². The Labute approximate surface area is 148 Å². The third kappa shape index (κ3) is 5.32. The molecule has 2 aromatic rings. The predicted octanol–water partition coefficient (Wildman–Crippen LogP) is 3.47. The number of nitrogens with one attached hydrogen (secondary N) is 1. The van der Waals surface area contributed by atoms with Crippen LogP contribution in [0.2, 0.25) is 0 Å². The van der Waals surface area contributed by atoms with E-state index in [1.165, 1.54) is 36.0 Å². The molecule has 0 aromatic heterocycles. The molecule has 2 N–H and O–H groups in total. The highest BCUT2D eigenvalue weighted by Crippen LogP contribution is 2.19. The normalized spacial score (nSPS) is 10.3. The molecule has 0 atom stereocenters. The number of anilines is 1. The maximum Gasteiger partial charge on any atom is 0.335 e. The van der Waals surface area contributed by atoms with Gasteiger partial charge in [-0.05, 0) is 30.2 Å². The summed E-state index contributed by atoms with van der Waals surface area (Å²) >= 11 is 1.37. The van der Waals surface area contributed by atoms with Crippen molar-refractivity contribution in [3.8, 4) is 0 Å². The van der Waals surface area contributed by atoms with Crippen molar-refractivity contribution in [3.63, 3.8) is 0 Å². The molecular formula is C17H16N2O5S. The average molecular weight is 360 g/mol. The van der Waals surface area contributed by atoms with Crippen LogP contribution in [0.1, 0.15) is 21.5 Å². The quantitative estimate of drug-likeness (QED) is 0.578. The predicted molar refractivity (Wildman–Crippen MR) is 96.0 cm³/mol. The van der Waals surface area contributed by atoms with E-state index in [4.69, 9.17) is 5.11 Å². The van der Waals surface area contributed by atoms with E-state index >= 15 is 0 Å². The molecule has 130 valence electrons. The Morgan fingerprint density at radius 3 is 2.48 bits per heavy atom. The second kappa shape index (κ2) is 8.29. The van der Waals surface area contributed by atoms with Gasteiger partial charge >= 0.3 is 5.97 Å². The first kappa shape index (κ1) is 18.5. The summed E-state index contributed by atoms with van der Waals surface area (Å²) in [5.74, 6) is -0.562. The molecule has 0 heterocycles. The molecule has 0 unspecified atom stereocenters. The standard InChI is InChI=1S/C17H16N2O5S/c1-11-2-5-13(17(21)22)8-15(11)18-16(20)10-25-9-12-3-6-14(7-4-12)19(23)24/h2-8H,9-10H2,1H3,(H,18,20)(H,21,22). The van der Waals surface area contributed by atoms with Crippen LogP contribution in [0.4, 0.5) is 11.4 Å². The van der Waals surface area contributed by atoms with Gasteiger partial charge in [-0.25, -0.2) is 4.79 Å². The first-order valence-corrected chi connectivity index (χ1v) is 8.47. The lowest BCUT2D eigenvalue weighted by Crippen LogP contribution is -2.15. The van der Waals surface area contributed by atoms with Crippen molar-refractivity contribution in [2.45, 2.75) is 12.7 Å². The van der Waals surface area contributed by atoms with Gasteiger partial charge in [0.1, 0.15) is 0 Å². The van der Waals surface area contributed by atoms with E-state index in [1.54, 1.807) is 25.1 Å². The second-order valence-corrected chi connectivity index (χ2v) is 6.28. The van der Waals surface area contributed by atoms with E-state index in [0.717, 1.165) is 11.1 Å². The molecule has 0 saturated carbocycles. The van der Waals surface area contributed by atoms with Crippen LogP contribution in [-0.4, -0.2) is 27.7 Å². The molecule has 8 heteroatoms. The minimum Gasteiger partial charge on any atom is -0.478 e. The zero-order chi connectivity index (χ0) is 18.4. The topological polar surface area (TPSA) is 110 Å². The molecule has 25 heavy (non-hydrogen) atoms. The number of nitro benzene ring substituents is 1. The summed E-state index contributed by atoms with van der Waals surface area (Å²) in [5.41, 5.74) is 2.27. The number of carbonyl (C=O) groups excluding carboxylic acids is 1. The molecule has 0 aliphatic carbocycles. The fraction of sp³-hybridized carbons (Fsp3) is 0.176. The fourth-order valence-electron chi connectivity index (χ4n) is 2.05. The Morgan fingerprint density at radius 2 is 1.88 bits per heavy atom. The fourth-order valence-corrected chi connectivity index (χ4v) is 2.84. The van der Waals surface area contributed by atoms with E-state index in [1.807, 2.05) is 0 Å². The number of thioether (sulfide) groups is 1. The van der Waals surface area contributed by atoms with Crippen LogP contribution in [0.3, 0.4) is 0 Å². The number of carboxylic acids is 1. The first-order valence-electron chi connectivity index (χ1n) is 7.31. The third-order valence-corrected chi connectivity index (χ3v) is 4.41. The minimum atomic E-state index is -1.05. The van der Waals surface area contributed by atoms with Gasteiger partial charge in [-0.1, -0.05) is 18.2 Å². The summed E-state index contributed by atoms with van der Waals surface area (Å²) in [4.78, 5) is 33.1. The number of aryl methyl sites for hydroxylation is 1. The van der Waals surface area contributed by atoms with Gasteiger partial charge in [0.05, 0.1) is 16.2 Å². The van der Waals surface area contributed by atoms with E-state index in [9.17, 15) is 19.7 Å². The van der Waals surface area contributed by atoms with Crippen molar-refractivity contribution < 1.29 is 19.6 Å². The summed E-state index contributed by atoms with van der Waals surface area (Å²) in [6, 6.07) is 10.7. The number of hydrogen-bond acceptors (Lipinski definition) is 5. The number of nitro groups is 1. The highest BCUT2D eigenvalue weighted by molar-refractivity contribution is 7.99. The zero-order valence-electron chi connectivity index (χ0n) is 13.4. The number of amides is 1. The summed E-state index contributed by atoms with van der Waals surface area (Å²) in [5, 5.41) is 22.3. The zero-order valence-corrected chi connectivity index (χ0v) is 14.2. The average Bonchev–Trinajstić information content (AvgIpc) is 2.57. The maximum absolute atomic E-state index is 12.0. The number of nitrogens with zero attached hydrogens (tertiary/aromatic N) is 1. The van der Waals surface area contributed by atoms with Gasteiger partial charge in [-0.3, -0.25) is 14.9 Å². The van der Waals surface area contributed by atoms with Crippen LogP contribution >= 0.6 is 11.8 Å². The number of rotatable bonds is 7. The van der Waals surface area contributed by atoms with Crippen molar-refractivity contribution in [1.29, 1.82) is 0 Å². The van der Waals surface area contributed by atoms with Crippen molar-refractivity contribution in [2.24, 2.45) is 0 Å². The Bertz CT molecular complexity index is 805. The summed E-state index contributed by atoms with van der Waals surface area (Å²) < 4.78 is 0. The first-order chi connectivity index (χ1) is 11.9. The lowest BCUT2D eigenvalue weighted by molar-refractivity contribution is -0.384. The lowest BCUT2D eigenvalue weighted by atomic mass is 10.1. The maximum atomic E-state index is 12.0. The van der Waals surface area contributed by atoms with E-state index in [2.05, 4.69) is 5.32 Å². The molecule has 0 saturated heterocycles. The van der Waals surface area contributed by atoms with Gasteiger partial charge in [-0.15, -0.1) is 11.8 Å². The van der Waals surface area contributed by atoms with Crippen LogP contribution in [0.25, 0.3) is 0 Å². The Balaban J connectivity index is 1.87. The lowest BCUT2D eigenvalue weighted by Gasteiger charge is -2.09. The number of non-ortho nitro benzene ring substituents is 1. The number of carboxylic acid groups (broad SMARTS) is 1. The van der Waals surface area contributed by atoms with E-state index < -0.39 is 10.9 Å². The van der Waals surface area contributed by atoms with E-state index in [-0.39, 0.29) is 22.9 Å². The summed E-state index contributed by atoms with van der Waals surface area (Å²) in [7, 11) is 0. The Kier molecular flexibility index (Phi) is 6.13. The number of benzene rings is 2. The highest BCUT2D eigenvalue weighted by Gasteiger charge is 2.10. The monoisotopic (exact) mass is 360 g/mol. The summed E-state index contributed by atoms with van der Waals surface area (Å²) in [6.45, 7) is 1.78. The van der Waals surface area contributed by atoms with Gasteiger partial charge in [-0.2, -0.15) is 0 Å². The number of hydrogen-bond donors (Lipinski definition) is 2. The van der Waals surface area contributed by atoms with Gasteiger partial charge in [0.15, 0.2) is 0 Å². The van der Waals surface area contributed by atoms with Gasteiger partial charge in [0.25, 0.3) is 5.69 Å². The molecule has 0 radical (unpaired) electrons. The Hall–Kier alpha value is -2.87. The second-order valence-electron chi connectivity index (χ2n) is 5.30. The molecule has 2 rings (SSSR count). The molecule has 2 aromatic carbocycles. The summed E-state index contributed by atoms with van der Waals surface area (Å²) in [6.07, 6.45) is 0. The Morgan fingerprint density at radius 1 is 1.20 bits per heavy atom. The molecule has 0 aliphatic rings. The van der Waals surface area contributed by atoms with Crippen LogP contribution in [0, 0.1) is 17.0 Å². The van der Waals surface area contributed by atoms with Crippen LogP contribution in [0.15, 0.2) is 42.5 Å². The van der Waals surface area contributed by atoms with Gasteiger partial charge in [0, 0.05) is 23.6 Å². The molecular weight excluding hydrogens is 344 g/mol. The molecule has 7 nitrogen and oxygen atoms in total.